The van der Waals surface area contributed by atoms with E-state index in [1.165, 1.54) is 25.6 Å². The lowest BCUT2D eigenvalue weighted by Crippen LogP contribution is -2.29. The number of methoxy groups -OCH3 is 1. The molecule has 29 heavy (non-hydrogen) atoms. The van der Waals surface area contributed by atoms with Crippen LogP contribution in [0.2, 0.25) is 5.02 Å². The maximum absolute atomic E-state index is 12.3. The van der Waals surface area contributed by atoms with Crippen LogP contribution >= 0.6 is 11.6 Å². The number of amides is 1. The molecule has 1 amide bonds. The van der Waals surface area contributed by atoms with Gasteiger partial charge in [0.25, 0.3) is 0 Å². The topological polar surface area (TPSA) is 127 Å². The number of esters is 1. The number of rotatable bonds is 9. The minimum absolute atomic E-state index is 0.0531. The molecule has 156 valence electrons. The van der Waals surface area contributed by atoms with Crippen LogP contribution in [-0.2, 0) is 24.2 Å². The average molecular weight is 441 g/mol. The van der Waals surface area contributed by atoms with E-state index in [1.54, 1.807) is 12.1 Å². The third-order valence-electron chi connectivity index (χ3n) is 3.83. The summed E-state index contributed by atoms with van der Waals surface area (Å²) in [5.74, 6) is -0.739. The van der Waals surface area contributed by atoms with Crippen molar-refractivity contribution in [2.45, 2.75) is 18.4 Å². The predicted molar refractivity (Wildman–Crippen MR) is 108 cm³/mol. The second kappa shape index (κ2) is 10.2. The molecule has 0 spiro atoms. The third-order valence-corrected chi connectivity index (χ3v) is 5.75. The monoisotopic (exact) mass is 440 g/mol. The van der Waals surface area contributed by atoms with Crippen LogP contribution in [0, 0.1) is 0 Å². The fourth-order valence-corrected chi connectivity index (χ4v) is 3.68. The first kappa shape index (κ1) is 22.6. The van der Waals surface area contributed by atoms with Crippen molar-refractivity contribution >= 4 is 39.1 Å². The summed E-state index contributed by atoms with van der Waals surface area (Å²) in [5.41, 5.74) is 1.15. The van der Waals surface area contributed by atoms with Crippen LogP contribution < -0.4 is 10.6 Å². The van der Waals surface area contributed by atoms with Gasteiger partial charge >= 0.3 is 5.97 Å². The fourth-order valence-electron chi connectivity index (χ4n) is 2.34. The highest BCUT2D eigenvalue weighted by atomic mass is 35.5. The highest BCUT2D eigenvalue weighted by Crippen LogP contribution is 2.29. The molecule has 0 saturated heterocycles. The molecule has 0 saturated carbocycles. The molecule has 0 fully saturated rings. The number of ether oxygens (including phenoxy) is 1. The SMILES string of the molecule is CCNC(=O)CNc1cc(-c2ccc(S(=O)(=O)CCC(=O)OC)nc2)c(Cl)cn1. The lowest BCUT2D eigenvalue weighted by Gasteiger charge is -2.10. The third kappa shape index (κ3) is 6.40. The zero-order valence-electron chi connectivity index (χ0n) is 15.9. The van der Waals surface area contributed by atoms with E-state index >= 15 is 0 Å². The van der Waals surface area contributed by atoms with Crippen LogP contribution in [0.25, 0.3) is 11.1 Å². The number of likely N-dealkylation sites (N-methyl/N-ethyl adjacent to an activating group) is 1. The predicted octanol–water partition coefficient (Wildman–Crippen LogP) is 1.68. The maximum Gasteiger partial charge on any atom is 0.306 e. The maximum atomic E-state index is 12.3. The molecule has 0 aliphatic rings. The normalized spacial score (nSPS) is 11.0. The summed E-state index contributed by atoms with van der Waals surface area (Å²) in [6.45, 7) is 2.40. The van der Waals surface area contributed by atoms with Gasteiger partial charge in [0.05, 0.1) is 30.9 Å². The Morgan fingerprint density at radius 3 is 2.59 bits per heavy atom. The van der Waals surface area contributed by atoms with Crippen LogP contribution in [0.4, 0.5) is 5.82 Å². The van der Waals surface area contributed by atoms with Gasteiger partial charge in [-0.1, -0.05) is 11.6 Å². The summed E-state index contributed by atoms with van der Waals surface area (Å²) in [5, 5.41) is 5.75. The zero-order chi connectivity index (χ0) is 21.4. The molecule has 2 heterocycles. The summed E-state index contributed by atoms with van der Waals surface area (Å²) < 4.78 is 29.0. The van der Waals surface area contributed by atoms with Gasteiger partial charge < -0.3 is 15.4 Å². The molecule has 2 rings (SSSR count). The van der Waals surface area contributed by atoms with E-state index in [4.69, 9.17) is 11.6 Å². The van der Waals surface area contributed by atoms with Crippen molar-refractivity contribution < 1.29 is 22.7 Å². The number of sulfone groups is 1. The molecular formula is C18H21ClN4O5S. The van der Waals surface area contributed by atoms with Gasteiger partial charge in [0.2, 0.25) is 5.91 Å². The Hall–Kier alpha value is -2.72. The molecule has 0 unspecified atom stereocenters. The number of hydrogen-bond donors (Lipinski definition) is 2. The molecule has 2 aromatic heterocycles. The molecule has 2 N–H and O–H groups in total. The molecule has 0 aromatic carbocycles. The van der Waals surface area contributed by atoms with Crippen molar-refractivity contribution in [2.24, 2.45) is 0 Å². The van der Waals surface area contributed by atoms with Crippen LogP contribution in [0.15, 0.2) is 35.6 Å². The Kier molecular flexibility index (Phi) is 7.91. The number of nitrogens with one attached hydrogen (secondary N) is 2. The van der Waals surface area contributed by atoms with E-state index in [2.05, 4.69) is 25.3 Å². The lowest BCUT2D eigenvalue weighted by atomic mass is 10.1. The van der Waals surface area contributed by atoms with Crippen LogP contribution in [0.5, 0.6) is 0 Å². The first-order chi connectivity index (χ1) is 13.8. The van der Waals surface area contributed by atoms with E-state index in [0.717, 1.165) is 0 Å². The summed E-state index contributed by atoms with van der Waals surface area (Å²) >= 11 is 6.21. The van der Waals surface area contributed by atoms with Crippen LogP contribution in [-0.4, -0.2) is 56.2 Å². The van der Waals surface area contributed by atoms with Gasteiger partial charge in [-0.25, -0.2) is 18.4 Å². The molecule has 9 nitrogen and oxygen atoms in total. The Morgan fingerprint density at radius 2 is 1.97 bits per heavy atom. The van der Waals surface area contributed by atoms with E-state index in [-0.39, 0.29) is 23.9 Å². The Labute approximate surface area is 173 Å². The average Bonchev–Trinajstić information content (AvgIpc) is 2.71. The number of aromatic nitrogens is 2. The number of carbonyl (C=O) groups is 2. The van der Waals surface area contributed by atoms with Crippen LogP contribution in [0.1, 0.15) is 13.3 Å². The van der Waals surface area contributed by atoms with Gasteiger partial charge in [-0.15, -0.1) is 0 Å². The van der Waals surface area contributed by atoms with Crippen molar-refractivity contribution in [3.05, 3.63) is 35.6 Å². The number of carbonyl (C=O) groups excluding carboxylic acids is 2. The molecule has 0 radical (unpaired) electrons. The van der Waals surface area contributed by atoms with E-state index in [9.17, 15) is 18.0 Å². The Bertz CT molecular complexity index is 980. The summed E-state index contributed by atoms with van der Waals surface area (Å²) in [7, 11) is -2.53. The highest BCUT2D eigenvalue weighted by molar-refractivity contribution is 7.91. The minimum Gasteiger partial charge on any atom is -0.469 e. The molecule has 0 aliphatic heterocycles. The standard InChI is InChI=1S/C18H21ClN4O5S/c1-3-20-16(24)11-22-15-8-13(14(19)10-21-15)12-4-5-17(23-9-12)29(26,27)7-6-18(25)28-2/h4-5,8-10H,3,6-7,11H2,1-2H3,(H,20,24)(H,21,22). The van der Waals surface area contributed by atoms with Gasteiger partial charge in [-0.05, 0) is 25.1 Å². The second-order valence-electron chi connectivity index (χ2n) is 5.89. The van der Waals surface area contributed by atoms with Crippen molar-refractivity contribution in [2.75, 3.05) is 31.3 Å². The van der Waals surface area contributed by atoms with Crippen molar-refractivity contribution in [3.8, 4) is 11.1 Å². The first-order valence-corrected chi connectivity index (χ1v) is 10.7. The smallest absolute Gasteiger partial charge is 0.306 e. The minimum atomic E-state index is -3.72. The second-order valence-corrected chi connectivity index (χ2v) is 8.35. The molecule has 2 aromatic rings. The molecule has 0 bridgehead atoms. The number of pyridine rings is 2. The summed E-state index contributed by atoms with van der Waals surface area (Å²) in [4.78, 5) is 30.8. The molecule has 0 atom stereocenters. The number of nitrogens with zero attached hydrogens (tertiary/aromatic N) is 2. The number of hydrogen-bond acceptors (Lipinski definition) is 8. The van der Waals surface area contributed by atoms with Crippen molar-refractivity contribution in [1.29, 1.82) is 0 Å². The van der Waals surface area contributed by atoms with E-state index < -0.39 is 21.6 Å². The van der Waals surface area contributed by atoms with E-state index in [0.29, 0.717) is 28.5 Å². The summed E-state index contributed by atoms with van der Waals surface area (Å²) in [6, 6.07) is 4.55. The Morgan fingerprint density at radius 1 is 1.21 bits per heavy atom. The van der Waals surface area contributed by atoms with Crippen LogP contribution in [0.3, 0.4) is 0 Å². The Balaban J connectivity index is 2.17. The van der Waals surface area contributed by atoms with Gasteiger partial charge in [-0.3, -0.25) is 9.59 Å². The van der Waals surface area contributed by atoms with Gasteiger partial charge in [-0.2, -0.15) is 0 Å². The number of anilines is 1. The molecule has 0 aliphatic carbocycles. The highest BCUT2D eigenvalue weighted by Gasteiger charge is 2.18. The largest absolute Gasteiger partial charge is 0.469 e. The quantitative estimate of drug-likeness (QED) is 0.564. The van der Waals surface area contributed by atoms with Gasteiger partial charge in [0, 0.05) is 30.1 Å². The van der Waals surface area contributed by atoms with Crippen molar-refractivity contribution in [3.63, 3.8) is 0 Å². The molecule has 11 heteroatoms. The zero-order valence-corrected chi connectivity index (χ0v) is 17.5. The van der Waals surface area contributed by atoms with Crippen molar-refractivity contribution in [1.82, 2.24) is 15.3 Å². The van der Waals surface area contributed by atoms with Gasteiger partial charge in [0.15, 0.2) is 14.9 Å². The fraction of sp³-hybridized carbons (Fsp3) is 0.333. The first-order valence-electron chi connectivity index (χ1n) is 8.69. The number of halogens is 1. The van der Waals surface area contributed by atoms with Gasteiger partial charge in [0.1, 0.15) is 5.82 Å². The van der Waals surface area contributed by atoms with E-state index in [1.807, 2.05) is 6.92 Å². The summed E-state index contributed by atoms with van der Waals surface area (Å²) in [6.07, 6.45) is 2.55. The molecular weight excluding hydrogens is 420 g/mol. The lowest BCUT2D eigenvalue weighted by molar-refractivity contribution is -0.140.